The third kappa shape index (κ3) is 5.89. The minimum absolute atomic E-state index is 0.469. The number of nitrogens with zero attached hydrogens (tertiary/aromatic N) is 3. The molecule has 8 aromatic carbocycles. The van der Waals surface area contributed by atoms with Crippen molar-refractivity contribution < 1.29 is 8.83 Å². The zero-order valence-electron chi connectivity index (χ0n) is 33.3. The van der Waals surface area contributed by atoms with E-state index in [2.05, 4.69) is 165 Å². The summed E-state index contributed by atoms with van der Waals surface area (Å²) in [6, 6.07) is 67.6. The lowest BCUT2D eigenvalue weighted by molar-refractivity contribution is 0.515. The van der Waals surface area contributed by atoms with E-state index in [1.54, 1.807) is 0 Å². The predicted molar refractivity (Wildman–Crippen MR) is 251 cm³/mol. The highest BCUT2D eigenvalue weighted by Gasteiger charge is 2.33. The van der Waals surface area contributed by atoms with Crippen LogP contribution < -0.4 is 0 Å². The number of benzene rings is 8. The number of aliphatic imine (C=N–C) groups is 2. The molecule has 0 saturated heterocycles. The first-order chi connectivity index (χ1) is 30.1. The van der Waals surface area contributed by atoms with Crippen molar-refractivity contribution in [3.05, 3.63) is 211 Å². The van der Waals surface area contributed by atoms with Gasteiger partial charge in [0.15, 0.2) is 11.4 Å². The zero-order valence-corrected chi connectivity index (χ0v) is 33.3. The molecule has 0 bridgehead atoms. The number of hydrogen-bond donors (Lipinski definition) is 0. The van der Waals surface area contributed by atoms with Gasteiger partial charge in [-0.3, -0.25) is 4.99 Å². The molecule has 288 valence electrons. The summed E-state index contributed by atoms with van der Waals surface area (Å²) in [7, 11) is 0. The Morgan fingerprint density at radius 1 is 0.459 bits per heavy atom. The molecule has 0 saturated carbocycles. The number of furan rings is 2. The van der Waals surface area contributed by atoms with Crippen LogP contribution in [0, 0.1) is 0 Å². The summed E-state index contributed by atoms with van der Waals surface area (Å²) in [5.74, 6) is 0.717. The normalized spacial score (nSPS) is 15.5. The van der Waals surface area contributed by atoms with Gasteiger partial charge in [0.2, 0.25) is 0 Å². The quantitative estimate of drug-likeness (QED) is 0.169. The van der Waals surface area contributed by atoms with E-state index in [-0.39, 0.29) is 0 Å². The summed E-state index contributed by atoms with van der Waals surface area (Å²) < 4.78 is 12.8. The van der Waals surface area contributed by atoms with Gasteiger partial charge in [0.05, 0.1) is 16.8 Å². The Morgan fingerprint density at radius 2 is 1.07 bits per heavy atom. The lowest BCUT2D eigenvalue weighted by atomic mass is 9.84. The number of fused-ring (bicyclic) bond motifs is 8. The monoisotopic (exact) mass is 783 g/mol. The average molecular weight is 784 g/mol. The standard InChI is InChI=1S/C56H37N3O2/c1-56(41-15-6-3-7-16-41)34-47(37-13-4-2-5-14-37)58-55(59-56)39-29-27-38(28-30-39)53-54-52(45-18-9-11-21-49(45)61-54)43-32-31-40(33-46(43)57-53)35-23-25-36(26-24-35)42-19-12-22-50-51(42)44-17-8-10-20-48(44)60-50/h2-33H,34H2,1H3. The SMILES string of the molecule is CC1(c2ccccc2)CC(c2ccccc2)=NC(c2ccc(-c3nc4cc(-c5ccc(-c6cccc7oc8ccccc8c67)cc5)ccc4c4c3oc3ccccc34)cc2)=N1. The predicted octanol–water partition coefficient (Wildman–Crippen LogP) is 14.6. The third-order valence-electron chi connectivity index (χ3n) is 12.3. The highest BCUT2D eigenvalue weighted by Crippen LogP contribution is 2.42. The minimum atomic E-state index is -0.469. The Balaban J connectivity index is 0.950. The highest BCUT2D eigenvalue weighted by molar-refractivity contribution is 6.21. The van der Waals surface area contributed by atoms with Gasteiger partial charge in [0.25, 0.3) is 0 Å². The van der Waals surface area contributed by atoms with Gasteiger partial charge in [-0.05, 0) is 64.6 Å². The molecule has 5 nitrogen and oxygen atoms in total. The zero-order chi connectivity index (χ0) is 40.5. The number of aromatic nitrogens is 1. The van der Waals surface area contributed by atoms with Gasteiger partial charge in [-0.2, -0.15) is 0 Å². The Hall–Kier alpha value is -7.89. The van der Waals surface area contributed by atoms with Crippen LogP contribution in [0.1, 0.15) is 30.0 Å². The Bertz CT molecular complexity index is 3550. The van der Waals surface area contributed by atoms with Crippen LogP contribution in [0.2, 0.25) is 0 Å². The fourth-order valence-electron chi connectivity index (χ4n) is 9.18. The van der Waals surface area contributed by atoms with Crippen LogP contribution in [0.15, 0.2) is 213 Å². The molecule has 3 aromatic heterocycles. The first kappa shape index (κ1) is 35.1. The van der Waals surface area contributed by atoms with E-state index in [1.807, 2.05) is 36.4 Å². The summed E-state index contributed by atoms with van der Waals surface area (Å²) in [4.78, 5) is 15.9. The number of hydrogen-bond acceptors (Lipinski definition) is 5. The van der Waals surface area contributed by atoms with Crippen molar-refractivity contribution in [1.82, 2.24) is 4.98 Å². The molecule has 0 fully saturated rings. The molecule has 0 amide bonds. The van der Waals surface area contributed by atoms with Crippen LogP contribution in [0.3, 0.4) is 0 Å². The van der Waals surface area contributed by atoms with E-state index in [9.17, 15) is 0 Å². The van der Waals surface area contributed by atoms with Crippen molar-refractivity contribution in [2.45, 2.75) is 18.9 Å². The third-order valence-corrected chi connectivity index (χ3v) is 12.3. The number of para-hydroxylation sites is 2. The summed E-state index contributed by atoms with van der Waals surface area (Å²) in [5.41, 5.74) is 14.3. The molecule has 1 unspecified atom stereocenters. The van der Waals surface area contributed by atoms with Crippen LogP contribution in [-0.2, 0) is 5.54 Å². The Labute approximate surface area is 352 Å². The van der Waals surface area contributed by atoms with Gasteiger partial charge in [0, 0.05) is 44.5 Å². The van der Waals surface area contributed by atoms with Crippen molar-refractivity contribution in [1.29, 1.82) is 0 Å². The van der Waals surface area contributed by atoms with E-state index in [0.717, 1.165) is 111 Å². The van der Waals surface area contributed by atoms with Gasteiger partial charge < -0.3 is 8.83 Å². The molecule has 0 radical (unpaired) electrons. The molecular formula is C56H37N3O2. The topological polar surface area (TPSA) is 63.9 Å². The number of amidine groups is 1. The fraction of sp³-hybridized carbons (Fsp3) is 0.0536. The van der Waals surface area contributed by atoms with Crippen LogP contribution in [-0.4, -0.2) is 16.5 Å². The Kier molecular flexibility index (Phi) is 7.97. The van der Waals surface area contributed by atoms with E-state index >= 15 is 0 Å². The first-order valence-corrected chi connectivity index (χ1v) is 20.7. The second kappa shape index (κ2) is 13.9. The smallest absolute Gasteiger partial charge is 0.162 e. The Morgan fingerprint density at radius 3 is 1.84 bits per heavy atom. The lowest BCUT2D eigenvalue weighted by Gasteiger charge is -2.31. The van der Waals surface area contributed by atoms with Crippen LogP contribution in [0.5, 0.6) is 0 Å². The summed E-state index contributed by atoms with van der Waals surface area (Å²) >= 11 is 0. The maximum absolute atomic E-state index is 6.64. The van der Waals surface area contributed by atoms with Crippen molar-refractivity contribution in [3.8, 4) is 33.5 Å². The van der Waals surface area contributed by atoms with Crippen molar-refractivity contribution >= 4 is 66.3 Å². The van der Waals surface area contributed by atoms with Crippen molar-refractivity contribution in [3.63, 3.8) is 0 Å². The first-order valence-electron chi connectivity index (χ1n) is 20.7. The van der Waals surface area contributed by atoms with Crippen molar-refractivity contribution in [2.75, 3.05) is 0 Å². The molecule has 1 aliphatic heterocycles. The molecule has 1 aliphatic rings. The van der Waals surface area contributed by atoms with Crippen LogP contribution in [0.4, 0.5) is 0 Å². The van der Waals surface area contributed by atoms with Crippen LogP contribution in [0.25, 0.3) is 88.3 Å². The van der Waals surface area contributed by atoms with E-state index in [0.29, 0.717) is 12.3 Å². The van der Waals surface area contributed by atoms with E-state index < -0.39 is 5.54 Å². The van der Waals surface area contributed by atoms with E-state index in [4.69, 9.17) is 23.8 Å². The second-order valence-corrected chi connectivity index (χ2v) is 16.1. The molecule has 0 N–H and O–H groups in total. The average Bonchev–Trinajstić information content (AvgIpc) is 3.91. The maximum Gasteiger partial charge on any atom is 0.162 e. The summed E-state index contributed by atoms with van der Waals surface area (Å²) in [6.45, 7) is 2.21. The number of rotatable bonds is 6. The largest absolute Gasteiger partial charge is 0.456 e. The lowest BCUT2D eigenvalue weighted by Crippen LogP contribution is -2.30. The molecule has 0 aliphatic carbocycles. The van der Waals surface area contributed by atoms with Gasteiger partial charge in [-0.15, -0.1) is 0 Å². The molecule has 0 spiro atoms. The fourth-order valence-corrected chi connectivity index (χ4v) is 9.18. The molecular weight excluding hydrogens is 747 g/mol. The molecule has 12 rings (SSSR count). The molecule has 11 aromatic rings. The molecule has 5 heteroatoms. The van der Waals surface area contributed by atoms with E-state index in [1.165, 1.54) is 0 Å². The molecule has 4 heterocycles. The van der Waals surface area contributed by atoms with Gasteiger partial charge in [-0.1, -0.05) is 170 Å². The summed E-state index contributed by atoms with van der Waals surface area (Å²) in [5, 5.41) is 5.45. The van der Waals surface area contributed by atoms with Crippen molar-refractivity contribution in [2.24, 2.45) is 9.98 Å². The molecule has 1 atom stereocenters. The number of pyridine rings is 1. The second-order valence-electron chi connectivity index (χ2n) is 16.1. The highest BCUT2D eigenvalue weighted by atomic mass is 16.3. The van der Waals surface area contributed by atoms with Gasteiger partial charge in [-0.25, -0.2) is 9.98 Å². The molecule has 61 heavy (non-hydrogen) atoms. The van der Waals surface area contributed by atoms with Crippen LogP contribution >= 0.6 is 0 Å². The summed E-state index contributed by atoms with van der Waals surface area (Å²) in [6.07, 6.45) is 0.707. The van der Waals surface area contributed by atoms with Gasteiger partial charge >= 0.3 is 0 Å². The van der Waals surface area contributed by atoms with Gasteiger partial charge in [0.1, 0.15) is 22.4 Å². The minimum Gasteiger partial charge on any atom is -0.456 e. The maximum atomic E-state index is 6.64.